The van der Waals surface area contributed by atoms with Gasteiger partial charge in [0.2, 0.25) is 0 Å². The van der Waals surface area contributed by atoms with Crippen LogP contribution in [0.3, 0.4) is 0 Å². The standard InChI is InChI=1S/C8H10N2O4/c1-8(10(13)14)4-5(9)2-3-6(8)7(11)12/h2-4,6H,9H2,1H3,(H,11,12). The normalized spacial score (nSPS) is 30.9. The Hall–Kier alpha value is -1.85. The molecule has 1 rings (SSSR count). The van der Waals surface area contributed by atoms with Gasteiger partial charge in [-0.1, -0.05) is 6.08 Å². The fourth-order valence-electron chi connectivity index (χ4n) is 1.38. The van der Waals surface area contributed by atoms with E-state index in [-0.39, 0.29) is 5.70 Å². The van der Waals surface area contributed by atoms with Gasteiger partial charge in [0, 0.05) is 23.6 Å². The first-order valence-corrected chi connectivity index (χ1v) is 3.92. The molecule has 6 heteroatoms. The molecule has 0 saturated heterocycles. The van der Waals surface area contributed by atoms with E-state index >= 15 is 0 Å². The molecule has 0 heterocycles. The second-order valence-electron chi connectivity index (χ2n) is 3.30. The third-order valence-electron chi connectivity index (χ3n) is 2.23. The van der Waals surface area contributed by atoms with E-state index in [0.29, 0.717) is 0 Å². The third kappa shape index (κ3) is 1.46. The highest BCUT2D eigenvalue weighted by Gasteiger charge is 2.48. The van der Waals surface area contributed by atoms with Crippen molar-refractivity contribution < 1.29 is 14.8 Å². The summed E-state index contributed by atoms with van der Waals surface area (Å²) < 4.78 is 0. The molecule has 76 valence electrons. The quantitative estimate of drug-likeness (QED) is 0.484. The summed E-state index contributed by atoms with van der Waals surface area (Å²) in [7, 11) is 0. The maximum Gasteiger partial charge on any atom is 0.318 e. The zero-order valence-corrected chi connectivity index (χ0v) is 7.51. The molecule has 0 spiro atoms. The first-order valence-electron chi connectivity index (χ1n) is 3.92. The number of hydrogen-bond acceptors (Lipinski definition) is 4. The Labute approximate surface area is 79.9 Å². The number of rotatable bonds is 2. The molecule has 0 bridgehead atoms. The van der Waals surface area contributed by atoms with Gasteiger partial charge in [-0.3, -0.25) is 14.9 Å². The van der Waals surface area contributed by atoms with Crippen molar-refractivity contribution in [2.45, 2.75) is 12.5 Å². The van der Waals surface area contributed by atoms with Gasteiger partial charge in [0.05, 0.1) is 0 Å². The second-order valence-corrected chi connectivity index (χ2v) is 3.30. The van der Waals surface area contributed by atoms with Crippen LogP contribution in [0.5, 0.6) is 0 Å². The maximum absolute atomic E-state index is 10.8. The highest BCUT2D eigenvalue weighted by Crippen LogP contribution is 2.28. The summed E-state index contributed by atoms with van der Waals surface area (Å²) in [6.45, 7) is 1.24. The van der Waals surface area contributed by atoms with Gasteiger partial charge < -0.3 is 10.8 Å². The summed E-state index contributed by atoms with van der Waals surface area (Å²) in [5, 5.41) is 19.5. The Bertz CT molecular complexity index is 347. The molecule has 6 nitrogen and oxygen atoms in total. The number of nitro groups is 1. The van der Waals surface area contributed by atoms with E-state index in [0.717, 1.165) is 6.08 Å². The van der Waals surface area contributed by atoms with Gasteiger partial charge in [-0.2, -0.15) is 0 Å². The van der Waals surface area contributed by atoms with Crippen LogP contribution >= 0.6 is 0 Å². The topological polar surface area (TPSA) is 106 Å². The largest absolute Gasteiger partial charge is 0.481 e. The lowest BCUT2D eigenvalue weighted by Crippen LogP contribution is -2.45. The molecule has 14 heavy (non-hydrogen) atoms. The van der Waals surface area contributed by atoms with E-state index in [2.05, 4.69) is 0 Å². The lowest BCUT2D eigenvalue weighted by atomic mass is 9.82. The van der Waals surface area contributed by atoms with E-state index in [1.807, 2.05) is 0 Å². The van der Waals surface area contributed by atoms with Gasteiger partial charge in [-0.05, 0) is 6.08 Å². The molecule has 0 radical (unpaired) electrons. The number of carboxylic acid groups (broad SMARTS) is 1. The molecule has 0 saturated carbocycles. The number of carboxylic acids is 1. The molecule has 3 N–H and O–H groups in total. The molecule has 0 fully saturated rings. The van der Waals surface area contributed by atoms with E-state index < -0.39 is 22.3 Å². The number of nitrogens with zero attached hydrogens (tertiary/aromatic N) is 1. The Kier molecular flexibility index (Phi) is 2.29. The SMILES string of the molecule is CC1([N+](=O)[O-])C=C(N)C=CC1C(=O)O. The van der Waals surface area contributed by atoms with Crippen molar-refractivity contribution in [1.82, 2.24) is 0 Å². The molecule has 0 amide bonds. The second kappa shape index (κ2) is 3.13. The fraction of sp³-hybridized carbons (Fsp3) is 0.375. The molecule has 0 aromatic carbocycles. The highest BCUT2D eigenvalue weighted by atomic mass is 16.6. The van der Waals surface area contributed by atoms with Gasteiger partial charge in [0.1, 0.15) is 5.92 Å². The minimum atomic E-state index is -1.66. The summed E-state index contributed by atoms with van der Waals surface area (Å²) in [5.74, 6) is -2.41. The number of carbonyl (C=O) groups is 1. The van der Waals surface area contributed by atoms with Crippen LogP contribution in [0.2, 0.25) is 0 Å². The van der Waals surface area contributed by atoms with E-state index in [9.17, 15) is 14.9 Å². The summed E-state index contributed by atoms with van der Waals surface area (Å²) in [4.78, 5) is 20.9. The van der Waals surface area contributed by atoms with Crippen molar-refractivity contribution in [3.63, 3.8) is 0 Å². The van der Waals surface area contributed by atoms with Crippen molar-refractivity contribution in [3.05, 3.63) is 34.0 Å². The van der Waals surface area contributed by atoms with Crippen molar-refractivity contribution in [2.24, 2.45) is 11.7 Å². The monoisotopic (exact) mass is 198 g/mol. The summed E-state index contributed by atoms with van der Waals surface area (Å²) in [6, 6.07) is 0. The molecular formula is C8H10N2O4. The first-order chi connectivity index (χ1) is 6.38. The molecule has 0 aromatic rings. The summed E-state index contributed by atoms with van der Waals surface area (Å²) >= 11 is 0. The van der Waals surface area contributed by atoms with E-state index in [1.165, 1.54) is 19.1 Å². The van der Waals surface area contributed by atoms with Gasteiger partial charge in [0.25, 0.3) is 5.54 Å². The minimum absolute atomic E-state index is 0.210. The van der Waals surface area contributed by atoms with Crippen LogP contribution in [-0.4, -0.2) is 21.5 Å². The number of hydrogen-bond donors (Lipinski definition) is 2. The Balaban J connectivity index is 3.17. The summed E-state index contributed by atoms with van der Waals surface area (Å²) in [6.07, 6.45) is 3.76. The summed E-state index contributed by atoms with van der Waals surface area (Å²) in [5.41, 5.74) is 3.94. The number of allylic oxidation sites excluding steroid dienone is 1. The fourth-order valence-corrected chi connectivity index (χ4v) is 1.38. The van der Waals surface area contributed by atoms with Crippen molar-refractivity contribution >= 4 is 5.97 Å². The molecule has 0 aliphatic heterocycles. The third-order valence-corrected chi connectivity index (χ3v) is 2.23. The predicted molar refractivity (Wildman–Crippen MR) is 47.9 cm³/mol. The van der Waals surface area contributed by atoms with Crippen LogP contribution < -0.4 is 5.73 Å². The minimum Gasteiger partial charge on any atom is -0.481 e. The smallest absolute Gasteiger partial charge is 0.318 e. The maximum atomic E-state index is 10.8. The molecule has 0 aromatic heterocycles. The Morgan fingerprint density at radius 3 is 2.79 bits per heavy atom. The van der Waals surface area contributed by atoms with Crippen molar-refractivity contribution in [3.8, 4) is 0 Å². The number of aliphatic carboxylic acids is 1. The molecule has 1 aliphatic carbocycles. The van der Waals surface area contributed by atoms with Gasteiger partial charge in [0.15, 0.2) is 0 Å². The van der Waals surface area contributed by atoms with Crippen LogP contribution in [0, 0.1) is 16.0 Å². The van der Waals surface area contributed by atoms with Gasteiger partial charge in [-0.25, -0.2) is 0 Å². The van der Waals surface area contributed by atoms with E-state index in [4.69, 9.17) is 10.8 Å². The van der Waals surface area contributed by atoms with Gasteiger partial charge >= 0.3 is 5.97 Å². The molecular weight excluding hydrogens is 188 g/mol. The lowest BCUT2D eigenvalue weighted by molar-refractivity contribution is -0.556. The van der Waals surface area contributed by atoms with Crippen molar-refractivity contribution in [1.29, 1.82) is 0 Å². The van der Waals surface area contributed by atoms with E-state index in [1.54, 1.807) is 0 Å². The number of nitrogens with two attached hydrogens (primary N) is 1. The van der Waals surface area contributed by atoms with Crippen molar-refractivity contribution in [2.75, 3.05) is 0 Å². The molecule has 1 aliphatic rings. The zero-order chi connectivity index (χ0) is 10.9. The Morgan fingerprint density at radius 1 is 1.79 bits per heavy atom. The average Bonchev–Trinajstić information content (AvgIpc) is 2.02. The molecule has 2 atom stereocenters. The van der Waals surface area contributed by atoms with Crippen LogP contribution in [-0.2, 0) is 4.79 Å². The van der Waals surface area contributed by atoms with Crippen LogP contribution in [0.25, 0.3) is 0 Å². The predicted octanol–water partition coefficient (Wildman–Crippen LogP) is 0.135. The molecule has 2 unspecified atom stereocenters. The first kappa shape index (κ1) is 10.2. The van der Waals surface area contributed by atoms with Gasteiger partial charge in [-0.15, -0.1) is 0 Å². The van der Waals surface area contributed by atoms with Crippen LogP contribution in [0.4, 0.5) is 0 Å². The van der Waals surface area contributed by atoms with Crippen LogP contribution in [0.15, 0.2) is 23.9 Å². The zero-order valence-electron chi connectivity index (χ0n) is 7.51. The lowest BCUT2D eigenvalue weighted by Gasteiger charge is -2.24. The Morgan fingerprint density at radius 2 is 2.36 bits per heavy atom. The average molecular weight is 198 g/mol. The van der Waals surface area contributed by atoms with Crippen LogP contribution in [0.1, 0.15) is 6.92 Å². The highest BCUT2D eigenvalue weighted by molar-refractivity contribution is 5.75.